The van der Waals surface area contributed by atoms with Crippen molar-refractivity contribution in [3.05, 3.63) is 58.7 Å². The van der Waals surface area contributed by atoms with Gasteiger partial charge in [-0.2, -0.15) is 16.8 Å². The summed E-state index contributed by atoms with van der Waals surface area (Å²) in [5, 5.41) is 0.392. The van der Waals surface area contributed by atoms with Gasteiger partial charge in [0.05, 0.1) is 33.5 Å². The third kappa shape index (κ3) is 4.54. The number of hydroxylamine groups is 4. The molecule has 0 radical (unpaired) electrons. The number of fused-ring (bicyclic) bond motifs is 2. The maximum absolute atomic E-state index is 13.1. The number of hydrogen-bond donors (Lipinski definition) is 0. The maximum Gasteiger partial charge on any atom is 0.318 e. The molecule has 3 aliphatic rings. The van der Waals surface area contributed by atoms with Gasteiger partial charge in [-0.15, -0.1) is 18.7 Å². The number of amides is 4. The van der Waals surface area contributed by atoms with Crippen molar-refractivity contribution < 1.29 is 44.6 Å². The molecule has 3 fully saturated rings. The SMILES string of the molecule is Cc1ccc(C)c(S(=O)(=O)ON2C(=O)C3CC4C(=O)N(OS(=O)(=O)c5cc(C)ccc5C)C(=O)C4CC3C2=O)c1. The third-order valence-corrected chi connectivity index (χ3v) is 10.3. The summed E-state index contributed by atoms with van der Waals surface area (Å²) in [6.45, 7) is 6.42. The van der Waals surface area contributed by atoms with E-state index in [0.29, 0.717) is 22.3 Å². The minimum Gasteiger partial charge on any atom is -0.272 e. The molecule has 4 amide bonds. The van der Waals surface area contributed by atoms with Crippen LogP contribution < -0.4 is 0 Å². The van der Waals surface area contributed by atoms with Crippen molar-refractivity contribution in [2.75, 3.05) is 0 Å². The number of hydrogen-bond acceptors (Lipinski definition) is 10. The molecular weight excluding hydrogens is 564 g/mol. The Labute approximate surface area is 231 Å². The molecule has 0 aromatic heterocycles. The van der Waals surface area contributed by atoms with E-state index in [1.165, 1.54) is 26.0 Å². The van der Waals surface area contributed by atoms with Crippen LogP contribution in [0.1, 0.15) is 35.1 Å². The lowest BCUT2D eigenvalue weighted by atomic mass is 9.70. The monoisotopic (exact) mass is 590 g/mol. The molecule has 40 heavy (non-hydrogen) atoms. The lowest BCUT2D eigenvalue weighted by Gasteiger charge is -2.27. The first-order chi connectivity index (χ1) is 18.6. The van der Waals surface area contributed by atoms with E-state index in [2.05, 4.69) is 0 Å². The lowest BCUT2D eigenvalue weighted by Crippen LogP contribution is -2.35. The van der Waals surface area contributed by atoms with Crippen molar-refractivity contribution >= 4 is 43.9 Å². The molecule has 5 rings (SSSR count). The van der Waals surface area contributed by atoms with Gasteiger partial charge < -0.3 is 0 Å². The van der Waals surface area contributed by atoms with Crippen molar-refractivity contribution in [2.24, 2.45) is 23.7 Å². The van der Waals surface area contributed by atoms with E-state index in [9.17, 15) is 36.0 Å². The van der Waals surface area contributed by atoms with E-state index in [1.54, 1.807) is 38.1 Å². The molecule has 2 heterocycles. The summed E-state index contributed by atoms with van der Waals surface area (Å²) >= 11 is 0. The Balaban J connectivity index is 1.36. The molecule has 4 atom stereocenters. The van der Waals surface area contributed by atoms with Gasteiger partial charge in [-0.25, -0.2) is 0 Å². The summed E-state index contributed by atoms with van der Waals surface area (Å²) in [5.41, 5.74) is 1.95. The summed E-state index contributed by atoms with van der Waals surface area (Å²) < 4.78 is 61.7. The Hall–Kier alpha value is -3.46. The molecule has 2 aromatic carbocycles. The van der Waals surface area contributed by atoms with Crippen LogP contribution in [0.2, 0.25) is 0 Å². The molecule has 2 aromatic rings. The smallest absolute Gasteiger partial charge is 0.272 e. The highest BCUT2D eigenvalue weighted by molar-refractivity contribution is 7.87. The highest BCUT2D eigenvalue weighted by atomic mass is 32.2. The molecule has 0 N–H and O–H groups in total. The third-order valence-electron chi connectivity index (χ3n) is 7.63. The average Bonchev–Trinajstić information content (AvgIpc) is 3.25. The standard InChI is InChI=1S/C26H26N2O10S2/c1-13-5-7-15(3)21(9-13)39(33,34)37-27-23(29)17-11-19-20(12-18(17)24(27)30)26(32)28(25(19)31)38-40(35,36)22-10-14(2)6-8-16(22)4/h5-10,17-20H,11-12H2,1-4H3. The van der Waals surface area contributed by atoms with E-state index in [-0.39, 0.29) is 32.8 Å². The quantitative estimate of drug-likeness (QED) is 0.454. The van der Waals surface area contributed by atoms with E-state index in [1.807, 2.05) is 0 Å². The highest BCUT2D eigenvalue weighted by Gasteiger charge is 2.61. The minimum atomic E-state index is -4.55. The van der Waals surface area contributed by atoms with Crippen LogP contribution in [0.3, 0.4) is 0 Å². The fourth-order valence-corrected chi connectivity index (χ4v) is 7.92. The first-order valence-electron chi connectivity index (χ1n) is 12.4. The Morgan fingerprint density at radius 3 is 1.18 bits per heavy atom. The van der Waals surface area contributed by atoms with Gasteiger partial charge >= 0.3 is 20.2 Å². The minimum absolute atomic E-state index is 0.196. The first-order valence-corrected chi connectivity index (χ1v) is 15.2. The van der Waals surface area contributed by atoms with Crippen molar-refractivity contribution in [2.45, 2.75) is 50.3 Å². The number of aryl methyl sites for hydroxylation is 4. The van der Waals surface area contributed by atoms with Crippen molar-refractivity contribution in [3.8, 4) is 0 Å². The second-order valence-corrected chi connectivity index (χ2v) is 13.4. The number of carbonyl (C=O) groups excluding carboxylic acids is 4. The molecule has 14 heteroatoms. The second-order valence-electron chi connectivity index (χ2n) is 10.4. The fraction of sp³-hybridized carbons (Fsp3) is 0.385. The largest absolute Gasteiger partial charge is 0.318 e. The predicted molar refractivity (Wildman–Crippen MR) is 135 cm³/mol. The molecule has 0 bridgehead atoms. The van der Waals surface area contributed by atoms with Crippen molar-refractivity contribution in [3.63, 3.8) is 0 Å². The van der Waals surface area contributed by atoms with Crippen LogP contribution in [-0.2, 0) is 48.0 Å². The molecule has 212 valence electrons. The van der Waals surface area contributed by atoms with Crippen LogP contribution in [-0.4, -0.2) is 50.6 Å². The van der Waals surface area contributed by atoms with Gasteiger partial charge in [-0.1, -0.05) is 24.3 Å². The Bertz CT molecular complexity index is 1530. The molecule has 1 aliphatic carbocycles. The second kappa shape index (κ2) is 9.58. The molecule has 2 saturated heterocycles. The van der Waals surface area contributed by atoms with E-state index < -0.39 is 67.5 Å². The van der Waals surface area contributed by atoms with Crippen LogP contribution in [0.4, 0.5) is 0 Å². The number of nitrogens with zero attached hydrogens (tertiary/aromatic N) is 2. The van der Waals surface area contributed by atoms with Gasteiger partial charge in [0, 0.05) is 0 Å². The van der Waals surface area contributed by atoms with E-state index >= 15 is 0 Å². The van der Waals surface area contributed by atoms with Gasteiger partial charge in [-0.3, -0.25) is 19.2 Å². The van der Waals surface area contributed by atoms with Crippen molar-refractivity contribution in [1.82, 2.24) is 10.1 Å². The summed E-state index contributed by atoms with van der Waals surface area (Å²) in [7, 11) is -9.10. The molecule has 4 unspecified atom stereocenters. The summed E-state index contributed by atoms with van der Waals surface area (Å²) in [6.07, 6.45) is -0.561. The van der Waals surface area contributed by atoms with Crippen molar-refractivity contribution in [1.29, 1.82) is 0 Å². The predicted octanol–water partition coefficient (Wildman–Crippen LogP) is 1.86. The van der Waals surface area contributed by atoms with Gasteiger partial charge in [-0.05, 0) is 74.9 Å². The Morgan fingerprint density at radius 1 is 0.575 bits per heavy atom. The highest BCUT2D eigenvalue weighted by Crippen LogP contribution is 2.48. The van der Waals surface area contributed by atoms with Gasteiger partial charge in [0.25, 0.3) is 23.6 Å². The lowest BCUT2D eigenvalue weighted by molar-refractivity contribution is -0.166. The number of carbonyl (C=O) groups is 4. The topological polar surface area (TPSA) is 161 Å². The van der Waals surface area contributed by atoms with E-state index in [0.717, 1.165) is 0 Å². The van der Waals surface area contributed by atoms with Gasteiger partial charge in [0.1, 0.15) is 0 Å². The Kier molecular flexibility index (Phi) is 6.72. The fourth-order valence-electron chi connectivity index (χ4n) is 5.49. The van der Waals surface area contributed by atoms with Crippen LogP contribution in [0.25, 0.3) is 0 Å². The average molecular weight is 591 g/mol. The molecule has 0 spiro atoms. The number of rotatable bonds is 6. The number of benzene rings is 2. The summed E-state index contributed by atoms with van der Waals surface area (Å²) in [4.78, 5) is 52.1. The number of imide groups is 2. The van der Waals surface area contributed by atoms with Gasteiger partial charge in [0.15, 0.2) is 0 Å². The zero-order valence-corrected chi connectivity index (χ0v) is 23.6. The zero-order valence-electron chi connectivity index (χ0n) is 22.0. The maximum atomic E-state index is 13.1. The molecule has 12 nitrogen and oxygen atoms in total. The normalized spacial score (nSPS) is 25.0. The van der Waals surface area contributed by atoms with Crippen LogP contribution in [0.15, 0.2) is 46.2 Å². The molecule has 1 saturated carbocycles. The first kappa shape index (κ1) is 28.1. The summed E-state index contributed by atoms with van der Waals surface area (Å²) in [5.74, 6) is -8.33. The van der Waals surface area contributed by atoms with E-state index in [4.69, 9.17) is 8.57 Å². The van der Waals surface area contributed by atoms with Crippen LogP contribution in [0.5, 0.6) is 0 Å². The van der Waals surface area contributed by atoms with Crippen LogP contribution in [0, 0.1) is 51.4 Å². The molecule has 2 aliphatic heterocycles. The van der Waals surface area contributed by atoms with Crippen LogP contribution >= 0.6 is 0 Å². The zero-order chi connectivity index (χ0) is 29.3. The summed E-state index contributed by atoms with van der Waals surface area (Å²) in [6, 6.07) is 9.22. The Morgan fingerprint density at radius 2 is 0.875 bits per heavy atom. The van der Waals surface area contributed by atoms with Gasteiger partial charge in [0.2, 0.25) is 0 Å². The molecular formula is C26H26N2O10S2.